The van der Waals surface area contributed by atoms with Crippen LogP contribution in [-0.2, 0) is 14.3 Å². The lowest BCUT2D eigenvalue weighted by atomic mass is 10.0. The van der Waals surface area contributed by atoms with Gasteiger partial charge in [0, 0.05) is 0 Å². The Bertz CT molecular complexity index is 365. The average Bonchev–Trinajstić information content (AvgIpc) is 2.57. The van der Waals surface area contributed by atoms with E-state index in [-0.39, 0.29) is 6.29 Å². The maximum absolute atomic E-state index is 10.5. The number of aliphatic hydroxyl groups is 8. The molecule has 8 N–H and O–H groups in total. The quantitative estimate of drug-likeness (QED) is 0.154. The van der Waals surface area contributed by atoms with Gasteiger partial charge in [0.25, 0.3) is 0 Å². The molecule has 1 aliphatic heterocycles. The van der Waals surface area contributed by atoms with E-state index in [2.05, 4.69) is 0 Å². The molecule has 0 spiro atoms. The van der Waals surface area contributed by atoms with Gasteiger partial charge in [0.1, 0.15) is 48.8 Å². The van der Waals surface area contributed by atoms with Gasteiger partial charge in [0.15, 0.2) is 12.6 Å². The van der Waals surface area contributed by atoms with E-state index in [0.717, 1.165) is 0 Å². The van der Waals surface area contributed by atoms with Crippen molar-refractivity contribution >= 4 is 6.29 Å². The van der Waals surface area contributed by atoms with Crippen molar-refractivity contribution in [3.8, 4) is 0 Å². The number of ether oxygens (including phenoxy) is 2. The minimum atomic E-state index is -1.97. The van der Waals surface area contributed by atoms with E-state index in [0.29, 0.717) is 0 Å². The summed E-state index contributed by atoms with van der Waals surface area (Å²) in [6.07, 6.45) is -15.7. The van der Waals surface area contributed by atoms with Crippen LogP contribution in [-0.4, -0.2) is 115 Å². The summed E-state index contributed by atoms with van der Waals surface area (Å²) in [7, 11) is 0. The molecule has 1 rings (SSSR count). The highest BCUT2D eigenvalue weighted by Gasteiger charge is 2.46. The van der Waals surface area contributed by atoms with Crippen molar-refractivity contribution in [3.05, 3.63) is 0 Å². The van der Waals surface area contributed by atoms with Crippen LogP contribution in [0, 0.1) is 0 Å². The first kappa shape index (κ1) is 20.3. The molecule has 11 heteroatoms. The van der Waals surface area contributed by atoms with Crippen LogP contribution in [0.5, 0.6) is 0 Å². The molecule has 1 fully saturated rings. The summed E-state index contributed by atoms with van der Waals surface area (Å²) < 4.78 is 10.1. The monoisotopic (exact) mass is 343 g/mol. The summed E-state index contributed by atoms with van der Waals surface area (Å²) in [4.78, 5) is 10.5. The molecule has 9 atom stereocenters. The SMILES string of the molecule is O=C[C@H](O)[C@@H](O)[C@H](O[13C@@H]1O[C@H](CO)[C@@H](O)[C@H](O)[C@H]1O)[C@H](O)CO. The lowest BCUT2D eigenvalue weighted by molar-refractivity contribution is -0.326. The zero-order valence-electron chi connectivity index (χ0n) is 12.0. The largest absolute Gasteiger partial charge is 0.394 e. The zero-order valence-corrected chi connectivity index (χ0v) is 12.0. The van der Waals surface area contributed by atoms with Crippen molar-refractivity contribution in [2.45, 2.75) is 55.1 Å². The van der Waals surface area contributed by atoms with Crippen LogP contribution in [0.1, 0.15) is 0 Å². The fourth-order valence-corrected chi connectivity index (χ4v) is 2.11. The van der Waals surface area contributed by atoms with Crippen molar-refractivity contribution < 1.29 is 55.1 Å². The molecule has 136 valence electrons. The van der Waals surface area contributed by atoms with E-state index in [1.807, 2.05) is 0 Å². The lowest BCUT2D eigenvalue weighted by Gasteiger charge is -2.42. The van der Waals surface area contributed by atoms with Crippen LogP contribution in [0.15, 0.2) is 0 Å². The number of carbonyl (C=O) groups excluding carboxylic acids is 1. The first-order valence-corrected chi connectivity index (χ1v) is 6.84. The van der Waals surface area contributed by atoms with E-state index in [1.165, 1.54) is 0 Å². The van der Waals surface area contributed by atoms with Gasteiger partial charge >= 0.3 is 0 Å². The molecule has 0 aromatic rings. The summed E-state index contributed by atoms with van der Waals surface area (Å²) in [5.74, 6) is 0. The minimum absolute atomic E-state index is 0.0294. The zero-order chi connectivity index (χ0) is 17.7. The standard InChI is InChI=1S/C12H22O11/c13-1-4(16)7(18)11(5(17)2-14)23-12-10(21)9(20)8(19)6(3-15)22-12/h1,4-12,14-21H,2-3H2/t4-,5+,6+,7+,8+,9-,10+,11+,12-/m0/s1/i12+1. The number of rotatable bonds is 8. The molecule has 0 radical (unpaired) electrons. The third-order valence-electron chi connectivity index (χ3n) is 3.53. The van der Waals surface area contributed by atoms with Crippen LogP contribution >= 0.6 is 0 Å². The third-order valence-corrected chi connectivity index (χ3v) is 3.53. The normalized spacial score (nSPS) is 37.0. The van der Waals surface area contributed by atoms with Crippen molar-refractivity contribution in [2.24, 2.45) is 0 Å². The molecule has 1 aliphatic rings. The fourth-order valence-electron chi connectivity index (χ4n) is 2.11. The first-order chi connectivity index (χ1) is 10.8. The van der Waals surface area contributed by atoms with Gasteiger partial charge < -0.3 is 55.1 Å². The molecule has 1 heterocycles. The Morgan fingerprint density at radius 3 is 2.13 bits per heavy atom. The van der Waals surface area contributed by atoms with Gasteiger partial charge in [-0.1, -0.05) is 0 Å². The van der Waals surface area contributed by atoms with E-state index < -0.39 is 68.3 Å². The second-order valence-electron chi connectivity index (χ2n) is 5.17. The molecule has 0 aromatic carbocycles. The van der Waals surface area contributed by atoms with Crippen molar-refractivity contribution in [2.75, 3.05) is 13.2 Å². The van der Waals surface area contributed by atoms with E-state index in [9.17, 15) is 35.4 Å². The van der Waals surface area contributed by atoms with Crippen LogP contribution < -0.4 is 0 Å². The van der Waals surface area contributed by atoms with Gasteiger partial charge in [-0.25, -0.2) is 0 Å². The molecular formula is C12H22O11. The molecule has 1 saturated heterocycles. The van der Waals surface area contributed by atoms with E-state index in [4.69, 9.17) is 19.7 Å². The summed E-state index contributed by atoms with van der Waals surface area (Å²) in [5.41, 5.74) is 0. The Morgan fingerprint density at radius 2 is 1.65 bits per heavy atom. The maximum Gasteiger partial charge on any atom is 0.187 e. The highest BCUT2D eigenvalue weighted by atomic mass is 16.8. The smallest absolute Gasteiger partial charge is 0.187 e. The molecule has 0 saturated carbocycles. The molecule has 0 unspecified atom stereocenters. The van der Waals surface area contributed by atoms with E-state index >= 15 is 0 Å². The Balaban J connectivity index is 2.91. The molecule has 0 bridgehead atoms. The minimum Gasteiger partial charge on any atom is -0.394 e. The summed E-state index contributed by atoms with van der Waals surface area (Å²) in [5, 5.41) is 75.7. The highest BCUT2D eigenvalue weighted by Crippen LogP contribution is 2.24. The molecule has 0 amide bonds. The first-order valence-electron chi connectivity index (χ1n) is 6.84. The number of hydrogen-bond acceptors (Lipinski definition) is 11. The number of carbonyl (C=O) groups is 1. The summed E-state index contributed by atoms with van der Waals surface area (Å²) in [6.45, 7) is -1.64. The molecule has 0 aromatic heterocycles. The van der Waals surface area contributed by atoms with Crippen LogP contribution in [0.3, 0.4) is 0 Å². The maximum atomic E-state index is 10.5. The Kier molecular flexibility index (Phi) is 7.89. The predicted molar refractivity (Wildman–Crippen MR) is 69.8 cm³/mol. The lowest BCUT2D eigenvalue weighted by Crippen LogP contribution is -2.61. The molecule has 0 aliphatic carbocycles. The fraction of sp³-hybridized carbons (Fsp3) is 0.917. The molecular weight excluding hydrogens is 321 g/mol. The van der Waals surface area contributed by atoms with Gasteiger partial charge in [0.2, 0.25) is 0 Å². The summed E-state index contributed by atoms with van der Waals surface area (Å²) in [6, 6.07) is 0. The Labute approximate surface area is 130 Å². The highest BCUT2D eigenvalue weighted by molar-refractivity contribution is 5.56. The van der Waals surface area contributed by atoms with Crippen LogP contribution in [0.4, 0.5) is 0 Å². The second-order valence-corrected chi connectivity index (χ2v) is 5.17. The molecule has 23 heavy (non-hydrogen) atoms. The van der Waals surface area contributed by atoms with Gasteiger partial charge in [-0.05, 0) is 0 Å². The van der Waals surface area contributed by atoms with E-state index in [1.54, 1.807) is 0 Å². The number of aldehydes is 1. The van der Waals surface area contributed by atoms with Crippen LogP contribution in [0.25, 0.3) is 0 Å². The number of aliphatic hydroxyl groups excluding tert-OH is 8. The summed E-state index contributed by atoms with van der Waals surface area (Å²) >= 11 is 0. The van der Waals surface area contributed by atoms with Crippen molar-refractivity contribution in [3.63, 3.8) is 0 Å². The Morgan fingerprint density at radius 1 is 1.04 bits per heavy atom. The molecule has 11 nitrogen and oxygen atoms in total. The van der Waals surface area contributed by atoms with Crippen molar-refractivity contribution in [1.29, 1.82) is 0 Å². The van der Waals surface area contributed by atoms with Gasteiger partial charge in [-0.15, -0.1) is 0 Å². The van der Waals surface area contributed by atoms with Gasteiger partial charge in [-0.3, -0.25) is 0 Å². The van der Waals surface area contributed by atoms with Crippen LogP contribution in [0.2, 0.25) is 0 Å². The Hall–Kier alpha value is -0.730. The van der Waals surface area contributed by atoms with Crippen molar-refractivity contribution in [1.82, 2.24) is 0 Å². The number of hydrogen-bond donors (Lipinski definition) is 8. The third kappa shape index (κ3) is 4.64. The van der Waals surface area contributed by atoms with Gasteiger partial charge in [0.05, 0.1) is 13.2 Å². The second kappa shape index (κ2) is 8.94. The predicted octanol–water partition coefficient (Wildman–Crippen LogP) is -5.55. The topological polar surface area (TPSA) is 197 Å². The average molecular weight is 343 g/mol. The van der Waals surface area contributed by atoms with Gasteiger partial charge in [-0.2, -0.15) is 0 Å².